The summed E-state index contributed by atoms with van der Waals surface area (Å²) in [4.78, 5) is 0. The van der Waals surface area contributed by atoms with Gasteiger partial charge in [0.15, 0.2) is 0 Å². The second kappa shape index (κ2) is 6.04. The lowest BCUT2D eigenvalue weighted by molar-refractivity contribution is 0.345. The highest BCUT2D eigenvalue weighted by Gasteiger charge is 2.28. The molecule has 1 aromatic carbocycles. The first-order valence-corrected chi connectivity index (χ1v) is 7.47. The fourth-order valence-electron chi connectivity index (χ4n) is 3.08. The van der Waals surface area contributed by atoms with Crippen LogP contribution in [0.25, 0.3) is 0 Å². The molecule has 1 fully saturated rings. The first-order valence-electron chi connectivity index (χ1n) is 7.47. The number of nitrogens with one attached hydrogen (secondary N) is 1. The van der Waals surface area contributed by atoms with E-state index in [4.69, 9.17) is 0 Å². The van der Waals surface area contributed by atoms with Crippen molar-refractivity contribution >= 4 is 0 Å². The Morgan fingerprint density at radius 1 is 1.21 bits per heavy atom. The van der Waals surface area contributed by atoms with E-state index in [0.717, 1.165) is 12.1 Å². The highest BCUT2D eigenvalue weighted by atomic mass is 19.1. The van der Waals surface area contributed by atoms with E-state index >= 15 is 0 Å². The maximum atomic E-state index is 14.1. The molecule has 2 heteroatoms. The molecular weight excluding hydrogens is 237 g/mol. The Morgan fingerprint density at radius 2 is 1.84 bits per heavy atom. The van der Waals surface area contributed by atoms with Crippen molar-refractivity contribution in [2.24, 2.45) is 5.92 Å². The lowest BCUT2D eigenvalue weighted by Crippen LogP contribution is -2.40. The van der Waals surface area contributed by atoms with Gasteiger partial charge in [-0.25, -0.2) is 4.39 Å². The molecule has 0 saturated heterocycles. The van der Waals surface area contributed by atoms with Crippen molar-refractivity contribution in [3.05, 3.63) is 35.6 Å². The van der Waals surface area contributed by atoms with Gasteiger partial charge in [-0.2, -0.15) is 0 Å². The van der Waals surface area contributed by atoms with Gasteiger partial charge in [0.05, 0.1) is 0 Å². The van der Waals surface area contributed by atoms with Gasteiger partial charge in [0.25, 0.3) is 0 Å². The smallest absolute Gasteiger partial charge is 0.126 e. The average Bonchev–Trinajstić information content (AvgIpc) is 2.84. The van der Waals surface area contributed by atoms with Gasteiger partial charge in [-0.05, 0) is 51.2 Å². The van der Waals surface area contributed by atoms with E-state index < -0.39 is 0 Å². The van der Waals surface area contributed by atoms with E-state index in [9.17, 15) is 4.39 Å². The minimum atomic E-state index is -0.0462. The summed E-state index contributed by atoms with van der Waals surface area (Å²) >= 11 is 0. The molecule has 0 aliphatic heterocycles. The largest absolute Gasteiger partial charge is 0.311 e. The highest BCUT2D eigenvalue weighted by molar-refractivity contribution is 5.23. The molecule has 0 bridgehead atoms. The van der Waals surface area contributed by atoms with Gasteiger partial charge in [0.1, 0.15) is 5.82 Å². The van der Waals surface area contributed by atoms with Crippen LogP contribution in [0.15, 0.2) is 24.3 Å². The molecule has 1 aromatic rings. The van der Waals surface area contributed by atoms with Crippen LogP contribution in [0.5, 0.6) is 0 Å². The molecule has 0 spiro atoms. The van der Waals surface area contributed by atoms with Crippen LogP contribution in [0.1, 0.15) is 57.9 Å². The topological polar surface area (TPSA) is 12.0 Å². The molecule has 1 saturated carbocycles. The molecule has 0 amide bonds. The zero-order chi connectivity index (χ0) is 13.9. The lowest BCUT2D eigenvalue weighted by atomic mass is 9.84. The summed E-state index contributed by atoms with van der Waals surface area (Å²) in [6, 6.07) is 7.29. The average molecular weight is 263 g/mol. The first kappa shape index (κ1) is 14.5. The summed E-state index contributed by atoms with van der Waals surface area (Å²) in [5, 5.41) is 3.56. The summed E-state index contributed by atoms with van der Waals surface area (Å²) in [6.45, 7) is 7.37. The molecule has 0 heterocycles. The van der Waals surface area contributed by atoms with Crippen LogP contribution in [0.2, 0.25) is 0 Å². The molecule has 106 valence electrons. The zero-order valence-corrected chi connectivity index (χ0v) is 12.4. The fraction of sp³-hybridized carbons (Fsp3) is 0.647. The van der Waals surface area contributed by atoms with Crippen molar-refractivity contribution in [1.82, 2.24) is 5.32 Å². The van der Waals surface area contributed by atoms with Crippen LogP contribution >= 0.6 is 0 Å². The summed E-state index contributed by atoms with van der Waals surface area (Å²) in [5.74, 6) is 0.893. The molecule has 1 aliphatic carbocycles. The van der Waals surface area contributed by atoms with Crippen molar-refractivity contribution in [3.8, 4) is 0 Å². The number of hydrogen-bond donors (Lipinski definition) is 1. The van der Waals surface area contributed by atoms with Gasteiger partial charge in [-0.1, -0.05) is 31.0 Å². The van der Waals surface area contributed by atoms with Crippen LogP contribution in [-0.2, 0) is 0 Å². The van der Waals surface area contributed by atoms with Crippen LogP contribution in [-0.4, -0.2) is 12.1 Å². The molecule has 0 radical (unpaired) electrons. The van der Waals surface area contributed by atoms with Gasteiger partial charge in [-0.3, -0.25) is 0 Å². The Kier molecular flexibility index (Phi) is 4.62. The molecule has 0 aromatic heterocycles. The van der Waals surface area contributed by atoms with Gasteiger partial charge in [-0.15, -0.1) is 0 Å². The van der Waals surface area contributed by atoms with Crippen molar-refractivity contribution in [3.63, 3.8) is 0 Å². The third-order valence-corrected chi connectivity index (χ3v) is 4.13. The standard InChI is InChI=1S/C17H26FN/c1-17(2,3)19-12-15(13-8-4-5-9-13)14-10-6-7-11-16(14)18/h6-7,10-11,13,15,19H,4-5,8-9,12H2,1-3H3. The molecule has 1 atom stereocenters. The molecular formula is C17H26FN. The third-order valence-electron chi connectivity index (χ3n) is 4.13. The predicted molar refractivity (Wildman–Crippen MR) is 78.9 cm³/mol. The number of rotatable bonds is 4. The SMILES string of the molecule is CC(C)(C)NCC(c1ccccc1F)C1CCCC1. The minimum Gasteiger partial charge on any atom is -0.311 e. The van der Waals surface area contributed by atoms with Crippen LogP contribution in [0.4, 0.5) is 4.39 Å². The predicted octanol–water partition coefficient (Wildman–Crippen LogP) is 4.49. The van der Waals surface area contributed by atoms with E-state index in [1.54, 1.807) is 12.1 Å². The Morgan fingerprint density at radius 3 is 2.42 bits per heavy atom. The Balaban J connectivity index is 2.16. The van der Waals surface area contributed by atoms with E-state index in [-0.39, 0.29) is 11.4 Å². The number of hydrogen-bond acceptors (Lipinski definition) is 1. The van der Waals surface area contributed by atoms with Crippen LogP contribution in [0, 0.1) is 11.7 Å². The van der Waals surface area contributed by atoms with Crippen molar-refractivity contribution in [2.45, 2.75) is 57.9 Å². The Bertz CT molecular complexity index is 402. The van der Waals surface area contributed by atoms with Crippen molar-refractivity contribution in [1.29, 1.82) is 0 Å². The monoisotopic (exact) mass is 263 g/mol. The lowest BCUT2D eigenvalue weighted by Gasteiger charge is -2.29. The summed E-state index contributed by atoms with van der Waals surface area (Å²) < 4.78 is 14.1. The molecule has 1 unspecified atom stereocenters. The molecule has 1 aliphatic rings. The normalized spacial score (nSPS) is 18.7. The van der Waals surface area contributed by atoms with E-state index in [0.29, 0.717) is 11.8 Å². The Hall–Kier alpha value is -0.890. The van der Waals surface area contributed by atoms with E-state index in [1.165, 1.54) is 25.7 Å². The van der Waals surface area contributed by atoms with Crippen molar-refractivity contribution in [2.75, 3.05) is 6.54 Å². The second-order valence-corrected chi connectivity index (χ2v) is 6.80. The minimum absolute atomic E-state index is 0.0462. The third kappa shape index (κ3) is 4.04. The maximum absolute atomic E-state index is 14.1. The summed E-state index contributed by atoms with van der Waals surface area (Å²) in [5.41, 5.74) is 0.980. The maximum Gasteiger partial charge on any atom is 0.126 e. The zero-order valence-electron chi connectivity index (χ0n) is 12.4. The number of benzene rings is 1. The van der Waals surface area contributed by atoms with E-state index in [2.05, 4.69) is 26.1 Å². The quantitative estimate of drug-likeness (QED) is 0.844. The molecule has 2 rings (SSSR count). The van der Waals surface area contributed by atoms with Gasteiger partial charge in [0, 0.05) is 18.0 Å². The fourth-order valence-corrected chi connectivity index (χ4v) is 3.08. The Labute approximate surface area is 116 Å². The number of halogens is 1. The molecule has 1 N–H and O–H groups in total. The first-order chi connectivity index (χ1) is 8.97. The summed E-state index contributed by atoms with van der Waals surface area (Å²) in [6.07, 6.45) is 5.08. The van der Waals surface area contributed by atoms with Crippen molar-refractivity contribution < 1.29 is 4.39 Å². The highest BCUT2D eigenvalue weighted by Crippen LogP contribution is 2.38. The van der Waals surface area contributed by atoms with Gasteiger partial charge < -0.3 is 5.32 Å². The van der Waals surface area contributed by atoms with E-state index in [1.807, 2.05) is 12.1 Å². The summed E-state index contributed by atoms with van der Waals surface area (Å²) in [7, 11) is 0. The molecule has 1 nitrogen and oxygen atoms in total. The second-order valence-electron chi connectivity index (χ2n) is 6.80. The van der Waals surface area contributed by atoms with Gasteiger partial charge in [0.2, 0.25) is 0 Å². The van der Waals surface area contributed by atoms with Gasteiger partial charge >= 0.3 is 0 Å². The molecule has 19 heavy (non-hydrogen) atoms. The van der Waals surface area contributed by atoms with Crippen LogP contribution < -0.4 is 5.32 Å². The van der Waals surface area contributed by atoms with Crippen LogP contribution in [0.3, 0.4) is 0 Å².